The van der Waals surface area contributed by atoms with Gasteiger partial charge >= 0.3 is 5.97 Å². The summed E-state index contributed by atoms with van der Waals surface area (Å²) >= 11 is 0. The van der Waals surface area contributed by atoms with Gasteiger partial charge in [0.2, 0.25) is 0 Å². The van der Waals surface area contributed by atoms with Crippen LogP contribution in [0.2, 0.25) is 0 Å². The molecule has 3 atom stereocenters. The molecule has 0 aromatic carbocycles. The fraction of sp³-hybridized carbons (Fsp3) is 0.818. The number of hydrogen-bond donors (Lipinski definition) is 2. The maximum absolute atomic E-state index is 12.0. The second kappa shape index (κ2) is 14.0. The van der Waals surface area contributed by atoms with Gasteiger partial charge in [-0.2, -0.15) is 0 Å². The van der Waals surface area contributed by atoms with Gasteiger partial charge in [0.25, 0.3) is 0 Å². The molecule has 4 heteroatoms. The zero-order chi connectivity index (χ0) is 19.2. The highest BCUT2D eigenvalue weighted by molar-refractivity contribution is 5.89. The van der Waals surface area contributed by atoms with Gasteiger partial charge in [0.1, 0.15) is 0 Å². The topological polar surface area (TPSA) is 74.6 Å². The second-order valence-electron chi connectivity index (χ2n) is 7.81. The zero-order valence-electron chi connectivity index (χ0n) is 16.5. The van der Waals surface area contributed by atoms with Gasteiger partial charge in [0.15, 0.2) is 5.78 Å². The Morgan fingerprint density at radius 3 is 2.31 bits per heavy atom. The number of hydrogen-bond acceptors (Lipinski definition) is 3. The van der Waals surface area contributed by atoms with Crippen LogP contribution in [0.25, 0.3) is 0 Å². The summed E-state index contributed by atoms with van der Waals surface area (Å²) in [5.41, 5.74) is 0. The van der Waals surface area contributed by atoms with Gasteiger partial charge in [-0.05, 0) is 50.0 Å². The number of ketones is 1. The lowest BCUT2D eigenvalue weighted by Crippen LogP contribution is -2.18. The number of rotatable bonds is 15. The summed E-state index contributed by atoms with van der Waals surface area (Å²) in [4.78, 5) is 22.4. The highest BCUT2D eigenvalue weighted by Crippen LogP contribution is 2.36. The lowest BCUT2D eigenvalue weighted by atomic mass is 9.88. The molecular formula is C22H38O4. The number of carbonyl (C=O) groups is 2. The van der Waals surface area contributed by atoms with E-state index in [4.69, 9.17) is 5.11 Å². The lowest BCUT2D eigenvalue weighted by molar-refractivity contribution is -0.137. The molecular weight excluding hydrogens is 328 g/mol. The standard InChI is InChI=1S/C22H38O4/c1-2-3-4-8-11-19(23)16-14-18-15-17-21(24)20(18)12-9-6-5-7-10-13-22(25)26/h14,16,18,20-21,24H,2-13,15,17H2,1H3,(H,25,26). The van der Waals surface area contributed by atoms with Crippen LogP contribution in [0, 0.1) is 11.8 Å². The first-order chi connectivity index (χ1) is 12.5. The fourth-order valence-electron chi connectivity index (χ4n) is 3.95. The van der Waals surface area contributed by atoms with Gasteiger partial charge in [0.05, 0.1) is 6.10 Å². The van der Waals surface area contributed by atoms with Crippen molar-refractivity contribution in [2.45, 2.75) is 103 Å². The summed E-state index contributed by atoms with van der Waals surface area (Å²) in [7, 11) is 0. The van der Waals surface area contributed by atoms with E-state index in [1.54, 1.807) is 6.08 Å². The Labute approximate surface area is 159 Å². The molecule has 0 saturated heterocycles. The largest absolute Gasteiger partial charge is 0.481 e. The molecule has 0 radical (unpaired) electrons. The number of carboxylic acid groups (broad SMARTS) is 1. The minimum Gasteiger partial charge on any atom is -0.481 e. The van der Waals surface area contributed by atoms with E-state index >= 15 is 0 Å². The zero-order valence-corrected chi connectivity index (χ0v) is 16.5. The van der Waals surface area contributed by atoms with Crippen LogP contribution < -0.4 is 0 Å². The Morgan fingerprint density at radius 2 is 1.58 bits per heavy atom. The van der Waals surface area contributed by atoms with Crippen LogP contribution >= 0.6 is 0 Å². The summed E-state index contributed by atoms with van der Waals surface area (Å²) in [5.74, 6) is 0.114. The van der Waals surface area contributed by atoms with Gasteiger partial charge < -0.3 is 10.2 Å². The van der Waals surface area contributed by atoms with E-state index in [9.17, 15) is 14.7 Å². The molecule has 4 nitrogen and oxygen atoms in total. The number of unbranched alkanes of at least 4 members (excludes halogenated alkanes) is 7. The van der Waals surface area contributed by atoms with Gasteiger partial charge in [-0.15, -0.1) is 0 Å². The van der Waals surface area contributed by atoms with Crippen LogP contribution in [-0.2, 0) is 9.59 Å². The molecule has 1 saturated carbocycles. The number of aliphatic hydroxyl groups excluding tert-OH is 1. The van der Waals surface area contributed by atoms with Gasteiger partial charge in [-0.1, -0.05) is 57.9 Å². The van der Waals surface area contributed by atoms with E-state index in [2.05, 4.69) is 13.0 Å². The highest BCUT2D eigenvalue weighted by Gasteiger charge is 2.32. The maximum atomic E-state index is 12.0. The number of aliphatic carboxylic acids is 1. The Bertz CT molecular complexity index is 430. The molecule has 1 fully saturated rings. The van der Waals surface area contributed by atoms with Crippen LogP contribution in [-0.4, -0.2) is 28.1 Å². The molecule has 0 aromatic heterocycles. The van der Waals surface area contributed by atoms with Crippen molar-refractivity contribution >= 4 is 11.8 Å². The average Bonchev–Trinajstić information content (AvgIpc) is 2.96. The third-order valence-corrected chi connectivity index (χ3v) is 5.57. The van der Waals surface area contributed by atoms with Crippen LogP contribution in [0.3, 0.4) is 0 Å². The quantitative estimate of drug-likeness (QED) is 0.305. The SMILES string of the molecule is CCCCCCC(=O)C=CC1CCC(O)C1CCCCCCCC(=O)O. The second-order valence-corrected chi connectivity index (χ2v) is 7.81. The van der Waals surface area contributed by atoms with Gasteiger partial charge in [-0.3, -0.25) is 9.59 Å². The first-order valence-electron chi connectivity index (χ1n) is 10.7. The summed E-state index contributed by atoms with van der Waals surface area (Å²) in [6, 6.07) is 0. The number of carboxylic acids is 1. The van der Waals surface area contributed by atoms with Crippen molar-refractivity contribution in [3.63, 3.8) is 0 Å². The van der Waals surface area contributed by atoms with Crippen molar-refractivity contribution in [2.24, 2.45) is 11.8 Å². The Balaban J connectivity index is 2.23. The Morgan fingerprint density at radius 1 is 0.923 bits per heavy atom. The average molecular weight is 367 g/mol. The molecule has 26 heavy (non-hydrogen) atoms. The molecule has 150 valence electrons. The third kappa shape index (κ3) is 10.1. The third-order valence-electron chi connectivity index (χ3n) is 5.57. The van der Waals surface area contributed by atoms with Crippen molar-refractivity contribution in [3.8, 4) is 0 Å². The van der Waals surface area contributed by atoms with E-state index in [-0.39, 0.29) is 24.2 Å². The van der Waals surface area contributed by atoms with Gasteiger partial charge in [0, 0.05) is 12.8 Å². The monoisotopic (exact) mass is 366 g/mol. The highest BCUT2D eigenvalue weighted by atomic mass is 16.4. The summed E-state index contributed by atoms with van der Waals surface area (Å²) in [6.07, 6.45) is 16.7. The minimum atomic E-state index is -0.714. The summed E-state index contributed by atoms with van der Waals surface area (Å²) in [6.45, 7) is 2.17. The van der Waals surface area contributed by atoms with E-state index in [0.29, 0.717) is 12.3 Å². The van der Waals surface area contributed by atoms with Crippen LogP contribution in [0.5, 0.6) is 0 Å². The molecule has 0 heterocycles. The normalized spacial score (nSPS) is 22.9. The maximum Gasteiger partial charge on any atom is 0.303 e. The Kier molecular flexibility index (Phi) is 12.3. The molecule has 1 aliphatic rings. The minimum absolute atomic E-state index is 0.222. The van der Waals surface area contributed by atoms with Crippen LogP contribution in [0.15, 0.2) is 12.2 Å². The van der Waals surface area contributed by atoms with Crippen molar-refractivity contribution in [1.29, 1.82) is 0 Å². The first kappa shape index (κ1) is 22.9. The van der Waals surface area contributed by atoms with Crippen molar-refractivity contribution in [1.82, 2.24) is 0 Å². The summed E-state index contributed by atoms with van der Waals surface area (Å²) < 4.78 is 0. The molecule has 0 aromatic rings. The van der Waals surface area contributed by atoms with E-state index < -0.39 is 5.97 Å². The van der Waals surface area contributed by atoms with Crippen LogP contribution in [0.1, 0.15) is 96.8 Å². The van der Waals surface area contributed by atoms with Crippen LogP contribution in [0.4, 0.5) is 0 Å². The lowest BCUT2D eigenvalue weighted by Gasteiger charge is -2.19. The van der Waals surface area contributed by atoms with E-state index in [1.165, 1.54) is 12.8 Å². The smallest absolute Gasteiger partial charge is 0.303 e. The first-order valence-corrected chi connectivity index (χ1v) is 10.7. The molecule has 1 rings (SSSR count). The number of allylic oxidation sites excluding steroid dienone is 2. The number of aliphatic hydroxyl groups is 1. The predicted octanol–water partition coefficient (Wildman–Crippen LogP) is 5.28. The molecule has 0 spiro atoms. The molecule has 1 aliphatic carbocycles. The van der Waals surface area contributed by atoms with Crippen molar-refractivity contribution in [3.05, 3.63) is 12.2 Å². The Hall–Kier alpha value is -1.16. The summed E-state index contributed by atoms with van der Waals surface area (Å²) in [5, 5.41) is 18.9. The van der Waals surface area contributed by atoms with E-state index in [1.807, 2.05) is 0 Å². The molecule has 0 aliphatic heterocycles. The van der Waals surface area contributed by atoms with E-state index in [0.717, 1.165) is 64.2 Å². The van der Waals surface area contributed by atoms with Crippen molar-refractivity contribution < 1.29 is 19.8 Å². The molecule has 3 unspecified atom stereocenters. The fourth-order valence-corrected chi connectivity index (χ4v) is 3.95. The van der Waals surface area contributed by atoms with Gasteiger partial charge in [-0.25, -0.2) is 0 Å². The molecule has 0 amide bonds. The molecule has 2 N–H and O–H groups in total. The number of carbonyl (C=O) groups excluding carboxylic acids is 1. The predicted molar refractivity (Wildman–Crippen MR) is 105 cm³/mol. The molecule has 0 bridgehead atoms. The van der Waals surface area contributed by atoms with Crippen molar-refractivity contribution in [2.75, 3.05) is 0 Å².